The van der Waals surface area contributed by atoms with Crippen molar-refractivity contribution in [3.8, 4) is 0 Å². The molecule has 34 heavy (non-hydrogen) atoms. The van der Waals surface area contributed by atoms with Crippen molar-refractivity contribution >= 4 is 38.5 Å². The molecule has 1 aliphatic heterocycles. The van der Waals surface area contributed by atoms with Crippen LogP contribution in [0.15, 0.2) is 23.0 Å². The van der Waals surface area contributed by atoms with E-state index in [0.29, 0.717) is 22.9 Å². The highest BCUT2D eigenvalue weighted by atomic mass is 32.1. The molecule has 184 valence electrons. The first-order valence-electron chi connectivity index (χ1n) is 11.7. The van der Waals surface area contributed by atoms with E-state index in [1.54, 1.807) is 0 Å². The van der Waals surface area contributed by atoms with E-state index >= 15 is 0 Å². The molecular formula is C24H29F3N4O2S. The Morgan fingerprint density at radius 2 is 1.88 bits per heavy atom. The number of likely N-dealkylation sites (N-methyl/N-ethyl adjacent to an activating group) is 1. The van der Waals surface area contributed by atoms with Crippen molar-refractivity contribution in [3.63, 3.8) is 0 Å². The Bertz CT molecular complexity index is 1120. The molecule has 0 bridgehead atoms. The van der Waals surface area contributed by atoms with Gasteiger partial charge in [0.2, 0.25) is 5.91 Å². The van der Waals surface area contributed by atoms with E-state index in [9.17, 15) is 22.8 Å². The molecule has 1 aromatic carbocycles. The van der Waals surface area contributed by atoms with E-state index in [2.05, 4.69) is 15.2 Å². The first-order chi connectivity index (χ1) is 16.2. The maximum absolute atomic E-state index is 13.4. The van der Waals surface area contributed by atoms with Crippen LogP contribution in [0.25, 0.3) is 16.2 Å². The summed E-state index contributed by atoms with van der Waals surface area (Å²) in [6.07, 6.45) is 4.41. The number of amides is 1. The Morgan fingerprint density at radius 3 is 2.53 bits per heavy atom. The first-order valence-corrected chi connectivity index (χ1v) is 12.5. The summed E-state index contributed by atoms with van der Waals surface area (Å²) in [5.41, 5.74) is -1.45. The van der Waals surface area contributed by atoms with Gasteiger partial charge in [0.1, 0.15) is 0 Å². The monoisotopic (exact) mass is 494 g/mol. The number of hydrogen-bond acceptors (Lipinski definition) is 6. The number of nitrogens with one attached hydrogen (secondary N) is 1. The van der Waals surface area contributed by atoms with E-state index in [0.717, 1.165) is 43.8 Å². The number of aromatic nitrogens is 1. The minimum Gasteiger partial charge on any atom is -0.356 e. The van der Waals surface area contributed by atoms with Crippen LogP contribution in [0.4, 0.5) is 18.3 Å². The first kappa shape index (κ1) is 24.7. The normalized spacial score (nSPS) is 18.6. The third kappa shape index (κ3) is 5.78. The molecule has 2 aliphatic rings. The molecule has 0 spiro atoms. The third-order valence-corrected chi connectivity index (χ3v) is 7.80. The molecule has 1 aromatic heterocycles. The van der Waals surface area contributed by atoms with E-state index in [-0.39, 0.29) is 10.9 Å². The lowest BCUT2D eigenvalue weighted by molar-refractivity contribution is -0.137. The Balaban J connectivity index is 1.60. The second kappa shape index (κ2) is 10.4. The highest BCUT2D eigenvalue weighted by molar-refractivity contribution is 7.22. The van der Waals surface area contributed by atoms with Crippen LogP contribution in [-0.4, -0.2) is 55.6 Å². The topological polar surface area (TPSA) is 65.5 Å². The fourth-order valence-corrected chi connectivity index (χ4v) is 5.84. The largest absolute Gasteiger partial charge is 0.416 e. The fourth-order valence-electron chi connectivity index (χ4n) is 4.71. The summed E-state index contributed by atoms with van der Waals surface area (Å²) in [6, 6.07) is 1.83. The molecule has 1 aliphatic carbocycles. The average molecular weight is 495 g/mol. The van der Waals surface area contributed by atoms with Crippen LogP contribution in [0.5, 0.6) is 0 Å². The molecule has 4 rings (SSSR count). The molecule has 2 fully saturated rings. The highest BCUT2D eigenvalue weighted by Crippen LogP contribution is 2.36. The van der Waals surface area contributed by atoms with Crippen molar-refractivity contribution in [1.29, 1.82) is 0 Å². The molecule has 10 heteroatoms. The molecule has 0 atom stereocenters. The number of benzene rings is 1. The van der Waals surface area contributed by atoms with Crippen molar-refractivity contribution in [1.82, 2.24) is 15.2 Å². The summed E-state index contributed by atoms with van der Waals surface area (Å²) in [7, 11) is 1.44. The van der Waals surface area contributed by atoms with E-state index < -0.39 is 23.2 Å². The van der Waals surface area contributed by atoms with Gasteiger partial charge < -0.3 is 10.2 Å². The summed E-state index contributed by atoms with van der Waals surface area (Å²) in [5, 5.41) is 2.82. The van der Waals surface area contributed by atoms with Gasteiger partial charge in [0.15, 0.2) is 5.13 Å². The SMILES string of the molecule is CNC(=O)/C=C/c1cc(C(F)(F)F)cc2c(=O)nc(N3CCN(CC4CCCCC4)CC3)sc12. The summed E-state index contributed by atoms with van der Waals surface area (Å²) in [6.45, 7) is 4.27. The Labute approximate surface area is 200 Å². The second-order valence-corrected chi connectivity index (χ2v) is 9.96. The highest BCUT2D eigenvalue weighted by Gasteiger charge is 2.32. The molecule has 1 amide bonds. The van der Waals surface area contributed by atoms with E-state index in [4.69, 9.17) is 0 Å². The quantitative estimate of drug-likeness (QED) is 0.633. The van der Waals surface area contributed by atoms with Gasteiger partial charge in [-0.2, -0.15) is 18.2 Å². The summed E-state index contributed by atoms with van der Waals surface area (Å²) in [5.74, 6) is 0.314. The molecule has 1 saturated heterocycles. The standard InChI is InChI=1S/C24H29F3N4O2S/c1-28-20(32)8-7-17-13-18(24(25,26)27)14-19-21(17)34-23(29-22(19)33)31-11-9-30(10-12-31)15-16-5-3-2-4-6-16/h7-8,13-14,16H,2-6,9-12,15H2,1H3,(H,28,32)/b8-7+. The van der Waals surface area contributed by atoms with Crippen LogP contribution in [-0.2, 0) is 11.0 Å². The van der Waals surface area contributed by atoms with Gasteiger partial charge in [-0.1, -0.05) is 30.6 Å². The number of halogens is 3. The second-order valence-electron chi connectivity index (χ2n) is 8.98. The average Bonchev–Trinajstić information content (AvgIpc) is 2.82. The molecule has 6 nitrogen and oxygen atoms in total. The number of carbonyl (C=O) groups excluding carboxylic acids is 1. The number of rotatable bonds is 5. The predicted octanol–water partition coefficient (Wildman–Crippen LogP) is 4.14. The van der Waals surface area contributed by atoms with Gasteiger partial charge in [0, 0.05) is 45.8 Å². The summed E-state index contributed by atoms with van der Waals surface area (Å²) < 4.78 is 40.7. The van der Waals surface area contributed by atoms with Crippen molar-refractivity contribution < 1.29 is 18.0 Å². The zero-order chi connectivity index (χ0) is 24.3. The van der Waals surface area contributed by atoms with Gasteiger partial charge in [-0.3, -0.25) is 14.5 Å². The third-order valence-electron chi connectivity index (χ3n) is 6.61. The number of fused-ring (bicyclic) bond motifs is 1. The lowest BCUT2D eigenvalue weighted by atomic mass is 9.89. The van der Waals surface area contributed by atoms with Gasteiger partial charge in [-0.15, -0.1) is 0 Å². The lowest BCUT2D eigenvalue weighted by Gasteiger charge is -2.37. The Hall–Kier alpha value is -2.46. The predicted molar refractivity (Wildman–Crippen MR) is 129 cm³/mol. The van der Waals surface area contributed by atoms with Crippen LogP contribution in [0.1, 0.15) is 43.2 Å². The minimum absolute atomic E-state index is 0.0870. The molecule has 0 radical (unpaired) electrons. The maximum atomic E-state index is 13.4. The molecular weight excluding hydrogens is 465 g/mol. The van der Waals surface area contributed by atoms with Gasteiger partial charge in [-0.05, 0) is 42.5 Å². The van der Waals surface area contributed by atoms with Gasteiger partial charge in [-0.25, -0.2) is 0 Å². The van der Waals surface area contributed by atoms with E-state index in [1.165, 1.54) is 56.6 Å². The Kier molecular flexibility index (Phi) is 7.57. The summed E-state index contributed by atoms with van der Waals surface area (Å²) >= 11 is 1.20. The number of nitrogens with zero attached hydrogens (tertiary/aromatic N) is 3. The Morgan fingerprint density at radius 1 is 1.18 bits per heavy atom. The minimum atomic E-state index is -4.62. The zero-order valence-electron chi connectivity index (χ0n) is 19.2. The smallest absolute Gasteiger partial charge is 0.356 e. The number of carbonyl (C=O) groups is 1. The lowest BCUT2D eigenvalue weighted by Crippen LogP contribution is -2.48. The van der Waals surface area contributed by atoms with Crippen LogP contribution in [0.3, 0.4) is 0 Å². The fraction of sp³-hybridized carbons (Fsp3) is 0.542. The number of alkyl halides is 3. The van der Waals surface area contributed by atoms with Crippen LogP contribution in [0.2, 0.25) is 0 Å². The maximum Gasteiger partial charge on any atom is 0.416 e. The molecule has 1 N–H and O–H groups in total. The van der Waals surface area contributed by atoms with Crippen molar-refractivity contribution in [2.75, 3.05) is 44.7 Å². The van der Waals surface area contributed by atoms with E-state index in [1.807, 2.05) is 4.90 Å². The molecule has 0 unspecified atom stereocenters. The van der Waals surface area contributed by atoms with Gasteiger partial charge >= 0.3 is 6.18 Å². The molecule has 2 heterocycles. The molecule has 2 aromatic rings. The van der Waals surface area contributed by atoms with Crippen LogP contribution in [0, 0.1) is 5.92 Å². The molecule has 1 saturated carbocycles. The van der Waals surface area contributed by atoms with Crippen molar-refractivity contribution in [3.05, 3.63) is 39.7 Å². The van der Waals surface area contributed by atoms with Gasteiger partial charge in [0.05, 0.1) is 15.6 Å². The number of anilines is 1. The van der Waals surface area contributed by atoms with Crippen molar-refractivity contribution in [2.45, 2.75) is 38.3 Å². The summed E-state index contributed by atoms with van der Waals surface area (Å²) in [4.78, 5) is 33.1. The van der Waals surface area contributed by atoms with Crippen molar-refractivity contribution in [2.24, 2.45) is 5.92 Å². The number of piperazine rings is 1. The van der Waals surface area contributed by atoms with Gasteiger partial charge in [0.25, 0.3) is 5.56 Å². The van der Waals surface area contributed by atoms with Crippen LogP contribution >= 0.6 is 11.3 Å². The van der Waals surface area contributed by atoms with Crippen LogP contribution < -0.4 is 15.8 Å². The zero-order valence-corrected chi connectivity index (χ0v) is 20.0. The number of hydrogen-bond donors (Lipinski definition) is 1.